The molecule has 1 aromatic heterocycles. The summed E-state index contributed by atoms with van der Waals surface area (Å²) in [5, 5.41) is 3.04. The third-order valence-electron chi connectivity index (χ3n) is 6.35. The van der Waals surface area contributed by atoms with E-state index in [0.717, 1.165) is 36.9 Å². The third kappa shape index (κ3) is 4.50. The highest BCUT2D eigenvalue weighted by Gasteiger charge is 2.42. The van der Waals surface area contributed by atoms with Crippen molar-refractivity contribution in [1.82, 2.24) is 15.2 Å². The number of hydrogen-bond donors (Lipinski definition) is 1. The molecule has 29 heavy (non-hydrogen) atoms. The number of rotatable bonds is 5. The topological polar surface area (TPSA) is 62.3 Å². The van der Waals surface area contributed by atoms with Gasteiger partial charge in [0.1, 0.15) is 0 Å². The van der Waals surface area contributed by atoms with Gasteiger partial charge in [0.2, 0.25) is 11.8 Å². The van der Waals surface area contributed by atoms with Crippen LogP contribution in [0.3, 0.4) is 0 Å². The first kappa shape index (κ1) is 19.6. The van der Waals surface area contributed by atoms with E-state index in [2.05, 4.69) is 41.5 Å². The summed E-state index contributed by atoms with van der Waals surface area (Å²) < 4.78 is 0. The summed E-state index contributed by atoms with van der Waals surface area (Å²) in [6.45, 7) is 3.60. The summed E-state index contributed by atoms with van der Waals surface area (Å²) in [4.78, 5) is 32.3. The van der Waals surface area contributed by atoms with Crippen LogP contribution in [0.4, 0.5) is 0 Å². The lowest BCUT2D eigenvalue weighted by Gasteiger charge is -2.20. The van der Waals surface area contributed by atoms with Crippen LogP contribution in [-0.2, 0) is 16.1 Å². The monoisotopic (exact) mass is 391 g/mol. The zero-order valence-corrected chi connectivity index (χ0v) is 17.0. The number of pyridine rings is 1. The average molecular weight is 392 g/mol. The predicted octanol–water partition coefficient (Wildman–Crippen LogP) is 3.44. The largest absolute Gasteiger partial charge is 0.350 e. The minimum atomic E-state index is -0.230. The van der Waals surface area contributed by atoms with E-state index >= 15 is 0 Å². The maximum absolute atomic E-state index is 13.1. The summed E-state index contributed by atoms with van der Waals surface area (Å²) >= 11 is 0. The van der Waals surface area contributed by atoms with Gasteiger partial charge in [-0.2, -0.15) is 0 Å². The second kappa shape index (κ2) is 8.76. The lowest BCUT2D eigenvalue weighted by Crippen LogP contribution is -2.37. The van der Waals surface area contributed by atoms with Crippen molar-refractivity contribution in [2.24, 2.45) is 11.8 Å². The molecule has 2 fully saturated rings. The van der Waals surface area contributed by atoms with Crippen molar-refractivity contribution in [3.63, 3.8) is 0 Å². The van der Waals surface area contributed by atoms with Gasteiger partial charge in [-0.1, -0.05) is 48.7 Å². The number of benzene rings is 1. The first-order chi connectivity index (χ1) is 14.1. The van der Waals surface area contributed by atoms with Gasteiger partial charge in [-0.15, -0.1) is 0 Å². The van der Waals surface area contributed by atoms with Gasteiger partial charge >= 0.3 is 0 Å². The molecule has 4 rings (SSSR count). The molecule has 2 aliphatic rings. The van der Waals surface area contributed by atoms with E-state index in [4.69, 9.17) is 0 Å². The summed E-state index contributed by atoms with van der Waals surface area (Å²) in [7, 11) is 0. The summed E-state index contributed by atoms with van der Waals surface area (Å²) in [5.41, 5.74) is 3.17. The third-order valence-corrected chi connectivity index (χ3v) is 6.35. The smallest absolute Gasteiger partial charge is 0.225 e. The number of likely N-dealkylation sites (tertiary alicyclic amines) is 1. The van der Waals surface area contributed by atoms with E-state index in [1.165, 1.54) is 5.56 Å². The van der Waals surface area contributed by atoms with Gasteiger partial charge in [0.05, 0.1) is 18.2 Å². The van der Waals surface area contributed by atoms with Gasteiger partial charge in [0.15, 0.2) is 0 Å². The zero-order chi connectivity index (χ0) is 20.2. The van der Waals surface area contributed by atoms with Crippen molar-refractivity contribution in [2.45, 2.75) is 45.1 Å². The predicted molar refractivity (Wildman–Crippen MR) is 112 cm³/mol. The molecule has 1 aromatic carbocycles. The summed E-state index contributed by atoms with van der Waals surface area (Å²) in [6.07, 6.45) is 5.98. The Labute approximate surface area is 172 Å². The van der Waals surface area contributed by atoms with E-state index < -0.39 is 0 Å². The second-order valence-corrected chi connectivity index (χ2v) is 8.39. The fourth-order valence-corrected chi connectivity index (χ4v) is 4.64. The van der Waals surface area contributed by atoms with Crippen LogP contribution in [0.25, 0.3) is 0 Å². The molecule has 1 aliphatic carbocycles. The molecule has 2 atom stereocenters. The first-order valence-electron chi connectivity index (χ1n) is 10.6. The Balaban J connectivity index is 1.50. The highest BCUT2D eigenvalue weighted by Crippen LogP contribution is 2.36. The van der Waals surface area contributed by atoms with Crippen LogP contribution in [0.15, 0.2) is 48.7 Å². The molecule has 2 unspecified atom stereocenters. The molecule has 2 aromatic rings. The molecule has 2 heterocycles. The second-order valence-electron chi connectivity index (χ2n) is 8.39. The number of nitrogens with zero attached hydrogens (tertiary/aromatic N) is 2. The molecule has 152 valence electrons. The molecule has 0 spiro atoms. The van der Waals surface area contributed by atoms with Gasteiger partial charge in [-0.05, 0) is 37.5 Å². The summed E-state index contributed by atoms with van der Waals surface area (Å²) in [6, 6.07) is 14.1. The lowest BCUT2D eigenvalue weighted by atomic mass is 9.88. The Hall–Kier alpha value is -2.69. The van der Waals surface area contributed by atoms with Gasteiger partial charge in [0.25, 0.3) is 0 Å². The van der Waals surface area contributed by atoms with Crippen LogP contribution < -0.4 is 5.32 Å². The van der Waals surface area contributed by atoms with Gasteiger partial charge in [-0.25, -0.2) is 0 Å². The van der Waals surface area contributed by atoms with Crippen molar-refractivity contribution >= 4 is 11.8 Å². The van der Waals surface area contributed by atoms with E-state index in [1.54, 1.807) is 6.20 Å². The number of carbonyl (C=O) groups is 2. The lowest BCUT2D eigenvalue weighted by molar-refractivity contribution is -0.134. The van der Waals surface area contributed by atoms with Crippen molar-refractivity contribution in [3.05, 3.63) is 65.5 Å². The molecule has 1 saturated heterocycles. The molecular weight excluding hydrogens is 362 g/mol. The van der Waals surface area contributed by atoms with Crippen LogP contribution in [-0.4, -0.2) is 34.8 Å². The molecule has 0 radical (unpaired) electrons. The highest BCUT2D eigenvalue weighted by atomic mass is 16.2. The van der Waals surface area contributed by atoms with Crippen LogP contribution in [0, 0.1) is 18.8 Å². The molecular formula is C24H29N3O2. The minimum absolute atomic E-state index is 0.00273. The maximum atomic E-state index is 13.1. The van der Waals surface area contributed by atoms with E-state index in [1.807, 2.05) is 23.1 Å². The number of carbonyl (C=O) groups excluding carboxylic acids is 2. The fraction of sp³-hybridized carbons (Fsp3) is 0.458. The fourth-order valence-electron chi connectivity index (χ4n) is 4.64. The van der Waals surface area contributed by atoms with Crippen LogP contribution >= 0.6 is 0 Å². The van der Waals surface area contributed by atoms with E-state index in [9.17, 15) is 9.59 Å². The Morgan fingerprint density at radius 2 is 1.83 bits per heavy atom. The molecule has 1 N–H and O–H groups in total. The number of hydrogen-bond acceptors (Lipinski definition) is 3. The quantitative estimate of drug-likeness (QED) is 0.849. The number of aryl methyl sites for hydroxylation is 1. The van der Waals surface area contributed by atoms with Gasteiger partial charge in [-0.3, -0.25) is 14.6 Å². The first-order valence-corrected chi connectivity index (χ1v) is 10.6. The van der Waals surface area contributed by atoms with Crippen molar-refractivity contribution in [3.8, 4) is 0 Å². The maximum Gasteiger partial charge on any atom is 0.225 e. The minimum Gasteiger partial charge on any atom is -0.350 e. The standard InChI is InChI=1S/C24H29N3O2/c1-17-9-11-18(12-10-17)21-15-27(24(29)19-6-2-3-7-19)16-22(21)23(28)26-14-20-8-4-5-13-25-20/h4-5,8-13,19,21-22H,2-3,6-7,14-16H2,1H3,(H,26,28). The van der Waals surface area contributed by atoms with Crippen molar-refractivity contribution in [2.75, 3.05) is 13.1 Å². The normalized spacial score (nSPS) is 22.0. The molecule has 1 aliphatic heterocycles. The van der Waals surface area contributed by atoms with Crippen molar-refractivity contribution < 1.29 is 9.59 Å². The van der Waals surface area contributed by atoms with Crippen molar-refractivity contribution in [1.29, 1.82) is 0 Å². The van der Waals surface area contributed by atoms with Crippen LogP contribution in [0.2, 0.25) is 0 Å². The number of nitrogens with one attached hydrogen (secondary N) is 1. The Bertz CT molecular complexity index is 844. The molecule has 5 nitrogen and oxygen atoms in total. The van der Waals surface area contributed by atoms with Crippen LogP contribution in [0.5, 0.6) is 0 Å². The molecule has 5 heteroatoms. The average Bonchev–Trinajstić information content (AvgIpc) is 3.43. The number of aromatic nitrogens is 1. The SMILES string of the molecule is Cc1ccc(C2CN(C(=O)C3CCCC3)CC2C(=O)NCc2ccccn2)cc1. The Kier molecular flexibility index (Phi) is 5.93. The summed E-state index contributed by atoms with van der Waals surface area (Å²) in [5.74, 6) is 0.183. The Morgan fingerprint density at radius 1 is 1.07 bits per heavy atom. The molecule has 0 bridgehead atoms. The molecule has 1 saturated carbocycles. The van der Waals surface area contributed by atoms with Gasteiger partial charge in [0, 0.05) is 31.1 Å². The van der Waals surface area contributed by atoms with Crippen LogP contribution in [0.1, 0.15) is 48.4 Å². The highest BCUT2D eigenvalue weighted by molar-refractivity contribution is 5.84. The number of amides is 2. The van der Waals surface area contributed by atoms with E-state index in [-0.39, 0.29) is 29.6 Å². The van der Waals surface area contributed by atoms with Gasteiger partial charge < -0.3 is 10.2 Å². The van der Waals surface area contributed by atoms with E-state index in [0.29, 0.717) is 19.6 Å². The Morgan fingerprint density at radius 3 is 2.52 bits per heavy atom. The molecule has 2 amide bonds. The zero-order valence-electron chi connectivity index (χ0n) is 17.0.